The second-order valence-electron chi connectivity index (χ2n) is 9.64. The van der Waals surface area contributed by atoms with E-state index in [-0.39, 0.29) is 0 Å². The summed E-state index contributed by atoms with van der Waals surface area (Å²) in [5.41, 5.74) is 5.21. The normalized spacial score (nSPS) is 19.1. The van der Waals surface area contributed by atoms with Crippen LogP contribution in [0.15, 0.2) is 42.6 Å². The van der Waals surface area contributed by atoms with Crippen LogP contribution >= 0.6 is 0 Å². The van der Waals surface area contributed by atoms with Gasteiger partial charge in [-0.2, -0.15) is 0 Å². The second-order valence-corrected chi connectivity index (χ2v) is 9.64. The highest BCUT2D eigenvalue weighted by Crippen LogP contribution is 2.34. The Bertz CT molecular complexity index is 700. The maximum atomic E-state index is 4.73. The summed E-state index contributed by atoms with van der Waals surface area (Å²) in [5, 5.41) is 0. The fraction of sp³-hybridized carbons (Fsp3) is 0.621. The summed E-state index contributed by atoms with van der Waals surface area (Å²) in [4.78, 5) is 4.73. The number of benzene rings is 1. The van der Waals surface area contributed by atoms with E-state index in [1.54, 1.807) is 0 Å². The number of aromatic nitrogens is 1. The van der Waals surface area contributed by atoms with Crippen molar-refractivity contribution in [1.82, 2.24) is 4.98 Å². The molecule has 30 heavy (non-hydrogen) atoms. The minimum absolute atomic E-state index is 0.951. The lowest BCUT2D eigenvalue weighted by Crippen LogP contribution is -2.16. The Morgan fingerprint density at radius 2 is 1.47 bits per heavy atom. The van der Waals surface area contributed by atoms with E-state index in [2.05, 4.69) is 56.4 Å². The van der Waals surface area contributed by atoms with Crippen LogP contribution < -0.4 is 0 Å². The van der Waals surface area contributed by atoms with E-state index < -0.39 is 0 Å². The van der Waals surface area contributed by atoms with Crippen LogP contribution in [0.2, 0.25) is 0 Å². The number of nitrogens with zero attached hydrogens (tertiary/aromatic N) is 1. The molecule has 1 aliphatic rings. The molecule has 1 aromatic heterocycles. The summed E-state index contributed by atoms with van der Waals surface area (Å²) in [6.07, 6.45) is 21.2. The summed E-state index contributed by atoms with van der Waals surface area (Å²) in [6, 6.07) is 13.6. The van der Waals surface area contributed by atoms with Crippen molar-refractivity contribution in [1.29, 1.82) is 0 Å². The summed E-state index contributed by atoms with van der Waals surface area (Å²) in [7, 11) is 0. The summed E-state index contributed by atoms with van der Waals surface area (Å²) < 4.78 is 0. The van der Waals surface area contributed by atoms with Gasteiger partial charge in [0.15, 0.2) is 0 Å². The van der Waals surface area contributed by atoms with Gasteiger partial charge in [-0.3, -0.25) is 4.98 Å². The van der Waals surface area contributed by atoms with Gasteiger partial charge in [0.25, 0.3) is 0 Å². The van der Waals surface area contributed by atoms with Crippen LogP contribution in [0.25, 0.3) is 11.3 Å². The molecule has 0 radical (unpaired) electrons. The first kappa shape index (κ1) is 23.0. The van der Waals surface area contributed by atoms with Gasteiger partial charge < -0.3 is 0 Å². The number of hydrogen-bond acceptors (Lipinski definition) is 1. The fourth-order valence-corrected chi connectivity index (χ4v) is 5.13. The molecule has 0 saturated heterocycles. The first-order chi connectivity index (χ1) is 14.8. The van der Waals surface area contributed by atoms with E-state index in [1.165, 1.54) is 100 Å². The van der Waals surface area contributed by atoms with Crippen LogP contribution in [-0.4, -0.2) is 4.98 Å². The van der Waals surface area contributed by atoms with Crippen LogP contribution in [0.5, 0.6) is 0 Å². The van der Waals surface area contributed by atoms with Gasteiger partial charge in [-0.25, -0.2) is 0 Å². The fourth-order valence-electron chi connectivity index (χ4n) is 5.13. The number of rotatable bonds is 12. The highest BCUT2D eigenvalue weighted by atomic mass is 14.7. The molecule has 1 saturated carbocycles. The summed E-state index contributed by atoms with van der Waals surface area (Å²) >= 11 is 0. The summed E-state index contributed by atoms with van der Waals surface area (Å²) in [6.45, 7) is 4.59. The first-order valence-electron chi connectivity index (χ1n) is 12.8. The maximum absolute atomic E-state index is 4.73. The lowest BCUT2D eigenvalue weighted by molar-refractivity contribution is 0.241. The molecule has 0 aliphatic heterocycles. The van der Waals surface area contributed by atoms with Crippen molar-refractivity contribution in [3.63, 3.8) is 0 Å². The Kier molecular flexibility index (Phi) is 9.93. The summed E-state index contributed by atoms with van der Waals surface area (Å²) in [5.74, 6) is 1.96. The third kappa shape index (κ3) is 7.56. The molecule has 1 fully saturated rings. The van der Waals surface area contributed by atoms with E-state index >= 15 is 0 Å². The zero-order valence-electron chi connectivity index (χ0n) is 19.5. The first-order valence-corrected chi connectivity index (χ1v) is 12.8. The van der Waals surface area contributed by atoms with Crippen molar-refractivity contribution >= 4 is 0 Å². The molecule has 0 amide bonds. The van der Waals surface area contributed by atoms with E-state index in [0.717, 1.165) is 24.0 Å². The number of aryl methyl sites for hydroxylation is 2. The van der Waals surface area contributed by atoms with E-state index in [9.17, 15) is 0 Å². The highest BCUT2D eigenvalue weighted by molar-refractivity contribution is 5.59. The molecule has 1 aliphatic carbocycles. The van der Waals surface area contributed by atoms with Crippen LogP contribution in [0.3, 0.4) is 0 Å². The Labute approximate surface area is 185 Å². The van der Waals surface area contributed by atoms with Crippen molar-refractivity contribution in [3.05, 3.63) is 53.7 Å². The molecule has 1 heterocycles. The molecule has 3 rings (SSSR count). The maximum Gasteiger partial charge on any atom is 0.0702 e. The smallest absolute Gasteiger partial charge is 0.0702 e. The molecule has 1 nitrogen and oxygen atoms in total. The van der Waals surface area contributed by atoms with Gasteiger partial charge >= 0.3 is 0 Å². The largest absolute Gasteiger partial charge is 0.256 e. The van der Waals surface area contributed by atoms with Gasteiger partial charge in [0, 0.05) is 11.8 Å². The van der Waals surface area contributed by atoms with Crippen LogP contribution in [0.4, 0.5) is 0 Å². The minimum Gasteiger partial charge on any atom is -0.256 e. The van der Waals surface area contributed by atoms with Crippen molar-refractivity contribution in [2.75, 3.05) is 0 Å². The predicted molar refractivity (Wildman–Crippen MR) is 131 cm³/mol. The van der Waals surface area contributed by atoms with Gasteiger partial charge in [0.1, 0.15) is 0 Å². The van der Waals surface area contributed by atoms with E-state index in [0.29, 0.717) is 0 Å². The van der Waals surface area contributed by atoms with Crippen molar-refractivity contribution in [3.8, 4) is 11.3 Å². The average molecular weight is 406 g/mol. The Morgan fingerprint density at radius 1 is 0.733 bits per heavy atom. The molecule has 2 atom stereocenters. The van der Waals surface area contributed by atoms with Crippen LogP contribution in [0, 0.1) is 11.8 Å². The van der Waals surface area contributed by atoms with Gasteiger partial charge in [-0.1, -0.05) is 102 Å². The Balaban J connectivity index is 1.45. The third-order valence-corrected chi connectivity index (χ3v) is 7.09. The predicted octanol–water partition coefficient (Wildman–Crippen LogP) is 8.80. The second kappa shape index (κ2) is 12.9. The third-order valence-electron chi connectivity index (χ3n) is 7.09. The molecule has 2 aromatic rings. The number of unbranched alkanes of at least 4 members (excludes halogenated alkanes) is 4. The molecule has 0 spiro atoms. The van der Waals surface area contributed by atoms with Gasteiger partial charge in [0.05, 0.1) is 5.69 Å². The Morgan fingerprint density at radius 3 is 2.17 bits per heavy atom. The van der Waals surface area contributed by atoms with Gasteiger partial charge in [-0.15, -0.1) is 0 Å². The highest BCUT2D eigenvalue weighted by Gasteiger charge is 2.21. The Hall–Kier alpha value is -1.63. The molecule has 1 aromatic carbocycles. The van der Waals surface area contributed by atoms with E-state index in [1.807, 2.05) is 0 Å². The van der Waals surface area contributed by atoms with Crippen LogP contribution in [-0.2, 0) is 12.8 Å². The quantitative estimate of drug-likeness (QED) is 0.321. The molecular formula is C29H43N. The van der Waals surface area contributed by atoms with Crippen LogP contribution in [0.1, 0.15) is 102 Å². The minimum atomic E-state index is 0.951. The van der Waals surface area contributed by atoms with Crippen molar-refractivity contribution < 1.29 is 0 Å². The molecule has 2 unspecified atom stereocenters. The zero-order valence-corrected chi connectivity index (χ0v) is 19.5. The lowest BCUT2D eigenvalue weighted by Gasteiger charge is -2.29. The molecule has 0 bridgehead atoms. The number of pyridine rings is 1. The topological polar surface area (TPSA) is 12.9 Å². The lowest BCUT2D eigenvalue weighted by atomic mass is 9.77. The van der Waals surface area contributed by atoms with Crippen molar-refractivity contribution in [2.45, 2.75) is 104 Å². The van der Waals surface area contributed by atoms with Gasteiger partial charge in [-0.05, 0) is 61.1 Å². The molecule has 1 heteroatoms. The molecular weight excluding hydrogens is 362 g/mol. The van der Waals surface area contributed by atoms with Gasteiger partial charge in [0.2, 0.25) is 0 Å². The van der Waals surface area contributed by atoms with Crippen molar-refractivity contribution in [2.24, 2.45) is 11.8 Å². The standard InChI is InChI=1S/C29H43N/c1-3-5-7-8-11-27-18-21-29(30-23-27)28-19-16-24(17-20-28)14-15-26-13-9-12-25(22-26)10-6-4-2/h16-21,23,25-26H,3-15,22H2,1-2H3. The van der Waals surface area contributed by atoms with E-state index in [4.69, 9.17) is 4.98 Å². The molecule has 0 N–H and O–H groups in total. The zero-order chi connectivity index (χ0) is 21.0. The average Bonchev–Trinajstić information content (AvgIpc) is 2.80. The SMILES string of the molecule is CCCCCCc1ccc(-c2ccc(CCC3CCCC(CCCC)C3)cc2)nc1. The molecule has 164 valence electrons. The number of hydrogen-bond donors (Lipinski definition) is 0. The monoisotopic (exact) mass is 405 g/mol.